The Balaban J connectivity index is 2.89. The highest BCUT2D eigenvalue weighted by atomic mass is 35.5. The van der Waals surface area contributed by atoms with Crippen LogP contribution in [0.15, 0.2) is 28.1 Å². The maximum absolute atomic E-state index is 12.5. The maximum Gasteiger partial charge on any atom is 0.168 e. The first-order chi connectivity index (χ1) is 11.8. The van der Waals surface area contributed by atoms with Crippen LogP contribution in [0.25, 0.3) is 0 Å². The van der Waals surface area contributed by atoms with Gasteiger partial charge in [0.05, 0.1) is 16.5 Å². The van der Waals surface area contributed by atoms with Crippen LogP contribution in [-0.2, 0) is 19.5 Å². The number of allylic oxidation sites excluding steroid dienone is 2. The summed E-state index contributed by atoms with van der Waals surface area (Å²) in [6, 6.07) is 0. The number of rotatable bonds is 9. The SMILES string of the molecule is CCC(=NOC/C=C/Cl)C1=C(O)CC(CC(C)S(=O)(=O)CC)CC1=O. The van der Waals surface area contributed by atoms with Crippen molar-refractivity contribution >= 4 is 32.9 Å². The summed E-state index contributed by atoms with van der Waals surface area (Å²) in [5, 5.41) is 13.7. The molecule has 25 heavy (non-hydrogen) atoms. The Morgan fingerprint density at radius 1 is 1.44 bits per heavy atom. The maximum atomic E-state index is 12.5. The third-order valence-corrected chi connectivity index (χ3v) is 6.66. The Kier molecular flexibility index (Phi) is 8.65. The third kappa shape index (κ3) is 6.15. The van der Waals surface area contributed by atoms with E-state index in [1.54, 1.807) is 19.9 Å². The highest BCUT2D eigenvalue weighted by Gasteiger charge is 2.33. The summed E-state index contributed by atoms with van der Waals surface area (Å²) in [4.78, 5) is 17.5. The van der Waals surface area contributed by atoms with Gasteiger partial charge in [0.25, 0.3) is 0 Å². The number of hydrogen-bond donors (Lipinski definition) is 1. The molecule has 0 saturated carbocycles. The number of carbonyl (C=O) groups is 1. The van der Waals surface area contributed by atoms with Crippen molar-refractivity contribution in [3.8, 4) is 0 Å². The smallest absolute Gasteiger partial charge is 0.168 e. The Labute approximate surface area is 154 Å². The van der Waals surface area contributed by atoms with Gasteiger partial charge in [0, 0.05) is 24.1 Å². The molecule has 2 atom stereocenters. The van der Waals surface area contributed by atoms with E-state index in [0.29, 0.717) is 18.6 Å². The van der Waals surface area contributed by atoms with Gasteiger partial charge in [-0.15, -0.1) is 0 Å². The van der Waals surface area contributed by atoms with Gasteiger partial charge >= 0.3 is 0 Å². The summed E-state index contributed by atoms with van der Waals surface area (Å²) >= 11 is 5.39. The number of carbonyl (C=O) groups excluding carboxylic acids is 1. The van der Waals surface area contributed by atoms with Crippen molar-refractivity contribution in [3.63, 3.8) is 0 Å². The minimum atomic E-state index is -3.15. The lowest BCUT2D eigenvalue weighted by Crippen LogP contribution is -2.29. The second-order valence-electron chi connectivity index (χ2n) is 6.07. The summed E-state index contributed by atoms with van der Waals surface area (Å²) in [5.74, 6) is -0.389. The first-order valence-corrected chi connectivity index (χ1v) is 10.5. The molecule has 1 N–H and O–H groups in total. The van der Waals surface area contributed by atoms with Gasteiger partial charge in [0.1, 0.15) is 12.4 Å². The molecule has 6 nitrogen and oxygen atoms in total. The molecule has 142 valence electrons. The van der Waals surface area contributed by atoms with Crippen molar-refractivity contribution in [2.45, 2.75) is 51.7 Å². The van der Waals surface area contributed by atoms with E-state index < -0.39 is 15.1 Å². The lowest BCUT2D eigenvalue weighted by atomic mass is 9.82. The number of halogens is 1. The molecule has 0 saturated heterocycles. The van der Waals surface area contributed by atoms with Crippen molar-refractivity contribution < 1.29 is 23.2 Å². The monoisotopic (exact) mass is 391 g/mol. The van der Waals surface area contributed by atoms with E-state index in [4.69, 9.17) is 16.4 Å². The molecule has 0 aliphatic heterocycles. The molecule has 8 heteroatoms. The van der Waals surface area contributed by atoms with Crippen molar-refractivity contribution in [2.75, 3.05) is 12.4 Å². The van der Waals surface area contributed by atoms with Crippen LogP contribution in [-0.4, -0.2) is 42.6 Å². The van der Waals surface area contributed by atoms with Crippen LogP contribution in [0.1, 0.15) is 46.5 Å². The normalized spacial score (nSPS) is 21.0. The van der Waals surface area contributed by atoms with Gasteiger partial charge in [-0.25, -0.2) is 8.42 Å². The molecule has 0 aromatic carbocycles. The number of aliphatic hydroxyl groups excluding tert-OH is 1. The quantitative estimate of drug-likeness (QED) is 0.368. The highest BCUT2D eigenvalue weighted by molar-refractivity contribution is 7.91. The number of Topliss-reactive ketones (excluding diaryl/α,β-unsaturated/α-hetero) is 1. The molecule has 1 aliphatic rings. The topological polar surface area (TPSA) is 93.0 Å². The Morgan fingerprint density at radius 3 is 2.64 bits per heavy atom. The number of aliphatic hydroxyl groups is 1. The van der Waals surface area contributed by atoms with E-state index in [1.165, 1.54) is 5.54 Å². The van der Waals surface area contributed by atoms with Crippen molar-refractivity contribution in [2.24, 2.45) is 11.1 Å². The van der Waals surface area contributed by atoms with Crippen molar-refractivity contribution in [1.29, 1.82) is 0 Å². The zero-order valence-corrected chi connectivity index (χ0v) is 16.4. The Morgan fingerprint density at radius 2 is 2.12 bits per heavy atom. The largest absolute Gasteiger partial charge is 0.511 e. The van der Waals surface area contributed by atoms with Gasteiger partial charge in [-0.05, 0) is 31.8 Å². The molecule has 2 unspecified atom stereocenters. The van der Waals surface area contributed by atoms with Crippen LogP contribution in [0.4, 0.5) is 0 Å². The molecule has 0 bridgehead atoms. The Bertz CT molecular complexity index is 667. The number of nitrogens with zero attached hydrogens (tertiary/aromatic N) is 1. The fourth-order valence-electron chi connectivity index (χ4n) is 2.85. The lowest BCUT2D eigenvalue weighted by Gasteiger charge is -2.25. The summed E-state index contributed by atoms with van der Waals surface area (Å²) in [7, 11) is -3.15. The van der Waals surface area contributed by atoms with Gasteiger partial charge in [0.2, 0.25) is 0 Å². The van der Waals surface area contributed by atoms with Crippen LogP contribution < -0.4 is 0 Å². The van der Waals surface area contributed by atoms with Gasteiger partial charge in [-0.1, -0.05) is 30.6 Å². The summed E-state index contributed by atoms with van der Waals surface area (Å²) in [5.41, 5.74) is 1.89. The van der Waals surface area contributed by atoms with E-state index in [2.05, 4.69) is 5.16 Å². The number of sulfone groups is 1. The molecule has 0 amide bonds. The predicted octanol–water partition coefficient (Wildman–Crippen LogP) is 3.53. The molecular formula is C17H26ClNO5S. The van der Waals surface area contributed by atoms with Crippen LogP contribution >= 0.6 is 11.6 Å². The molecule has 0 aromatic rings. The summed E-state index contributed by atoms with van der Waals surface area (Å²) in [6.45, 7) is 5.24. The van der Waals surface area contributed by atoms with Gasteiger partial charge in [-0.3, -0.25) is 4.79 Å². The molecular weight excluding hydrogens is 366 g/mol. The molecule has 0 fully saturated rings. The second-order valence-corrected chi connectivity index (χ2v) is 9.03. The second kappa shape index (κ2) is 9.97. The molecule has 1 aliphatic carbocycles. The summed E-state index contributed by atoms with van der Waals surface area (Å²) < 4.78 is 23.8. The van der Waals surface area contributed by atoms with E-state index in [9.17, 15) is 18.3 Å². The van der Waals surface area contributed by atoms with Crippen LogP contribution in [0.2, 0.25) is 0 Å². The van der Waals surface area contributed by atoms with E-state index in [1.807, 2.05) is 6.92 Å². The minimum absolute atomic E-state index is 0.0422. The number of hydrogen-bond acceptors (Lipinski definition) is 6. The van der Waals surface area contributed by atoms with Gasteiger partial charge in [0.15, 0.2) is 15.6 Å². The first kappa shape index (κ1) is 21.7. The molecule has 0 spiro atoms. The fraction of sp³-hybridized carbons (Fsp3) is 0.647. The molecule has 0 heterocycles. The number of oxime groups is 1. The predicted molar refractivity (Wildman–Crippen MR) is 99.6 cm³/mol. The minimum Gasteiger partial charge on any atom is -0.511 e. The standard InChI is InChI=1S/C17H26ClNO5S/c1-4-14(19-24-8-6-7-18)17-15(20)10-13(11-16(17)21)9-12(3)25(22,23)5-2/h6-7,12-13,20H,4-5,8-11H2,1-3H3/b7-6+,19-14?. The number of ketones is 1. The van der Waals surface area contributed by atoms with Gasteiger partial charge in [-0.2, -0.15) is 0 Å². The average Bonchev–Trinajstić information content (AvgIpc) is 2.56. The van der Waals surface area contributed by atoms with Crippen LogP contribution in [0.3, 0.4) is 0 Å². The van der Waals surface area contributed by atoms with Crippen molar-refractivity contribution in [3.05, 3.63) is 22.9 Å². The van der Waals surface area contributed by atoms with E-state index in [-0.39, 0.29) is 48.2 Å². The van der Waals surface area contributed by atoms with E-state index >= 15 is 0 Å². The summed E-state index contributed by atoms with van der Waals surface area (Å²) in [6.07, 6.45) is 2.81. The third-order valence-electron chi connectivity index (χ3n) is 4.26. The van der Waals surface area contributed by atoms with Crippen molar-refractivity contribution in [1.82, 2.24) is 0 Å². The first-order valence-electron chi connectivity index (χ1n) is 8.38. The van der Waals surface area contributed by atoms with E-state index in [0.717, 1.165) is 0 Å². The zero-order chi connectivity index (χ0) is 19.0. The molecule has 0 radical (unpaired) electrons. The fourth-order valence-corrected chi connectivity index (χ4v) is 4.06. The Hall–Kier alpha value is -1.34. The average molecular weight is 392 g/mol. The molecule has 0 aromatic heterocycles. The zero-order valence-electron chi connectivity index (χ0n) is 14.9. The molecule has 1 rings (SSSR count). The van der Waals surface area contributed by atoms with Gasteiger partial charge < -0.3 is 9.94 Å². The lowest BCUT2D eigenvalue weighted by molar-refractivity contribution is -0.116. The highest BCUT2D eigenvalue weighted by Crippen LogP contribution is 2.31. The van der Waals surface area contributed by atoms with Crippen LogP contribution in [0.5, 0.6) is 0 Å². The van der Waals surface area contributed by atoms with Crippen LogP contribution in [0, 0.1) is 5.92 Å².